The Balaban J connectivity index is 0.967. The van der Waals surface area contributed by atoms with E-state index in [9.17, 15) is 0 Å². The summed E-state index contributed by atoms with van der Waals surface area (Å²) in [7, 11) is 0. The molecule has 0 radical (unpaired) electrons. The van der Waals surface area contributed by atoms with Crippen molar-refractivity contribution < 1.29 is 4.42 Å². The quantitative estimate of drug-likeness (QED) is 0.186. The smallest absolute Gasteiger partial charge is 0.135 e. The van der Waals surface area contributed by atoms with Gasteiger partial charge in [-0.05, 0) is 89.0 Å². The van der Waals surface area contributed by atoms with Crippen LogP contribution in [0.4, 0.5) is 0 Å². The molecular formula is C48H30N2O. The Morgan fingerprint density at radius 1 is 0.275 bits per heavy atom. The fourth-order valence-corrected chi connectivity index (χ4v) is 8.14. The minimum absolute atomic E-state index is 0.920. The molecule has 0 unspecified atom stereocenters. The van der Waals surface area contributed by atoms with E-state index in [1.54, 1.807) is 0 Å². The van der Waals surface area contributed by atoms with Crippen LogP contribution in [0.15, 0.2) is 186 Å². The van der Waals surface area contributed by atoms with E-state index in [0.717, 1.165) is 27.6 Å². The van der Waals surface area contributed by atoms with Crippen LogP contribution in [0.5, 0.6) is 0 Å². The van der Waals surface area contributed by atoms with E-state index in [4.69, 9.17) is 4.42 Å². The molecule has 0 aliphatic heterocycles. The predicted molar refractivity (Wildman–Crippen MR) is 213 cm³/mol. The van der Waals surface area contributed by atoms with Crippen LogP contribution in [0.2, 0.25) is 0 Å². The Morgan fingerprint density at radius 2 is 0.706 bits per heavy atom. The van der Waals surface area contributed by atoms with Crippen molar-refractivity contribution in [1.29, 1.82) is 0 Å². The molecule has 0 amide bonds. The first kappa shape index (κ1) is 28.0. The lowest BCUT2D eigenvalue weighted by atomic mass is 9.99. The first-order valence-electron chi connectivity index (χ1n) is 17.4. The normalized spacial score (nSPS) is 11.9. The Kier molecular flexibility index (Phi) is 5.96. The first-order chi connectivity index (χ1) is 25.3. The third-order valence-electron chi connectivity index (χ3n) is 10.5. The Morgan fingerprint density at radius 3 is 1.35 bits per heavy atom. The standard InChI is InChI=1S/C48H30N2O/c1-5-13-43-37(9-1)38-10-2-6-14-44(38)50(43)36-26-27-46-41(30-36)39-11-3-7-15-45(39)49(46)35-24-21-32(22-25-35)31-17-19-33(20-18-31)34-23-28-48-42(29-34)40-12-4-8-16-47(40)51-48/h1-30H. The Bertz CT molecular complexity index is 3070. The number of nitrogens with zero attached hydrogens (tertiary/aromatic N) is 2. The maximum atomic E-state index is 6.05. The summed E-state index contributed by atoms with van der Waals surface area (Å²) in [5, 5.41) is 7.33. The molecule has 0 bridgehead atoms. The minimum atomic E-state index is 0.920. The lowest BCUT2D eigenvalue weighted by Crippen LogP contribution is -1.95. The highest BCUT2D eigenvalue weighted by Gasteiger charge is 2.16. The molecule has 0 saturated carbocycles. The molecule has 3 heterocycles. The van der Waals surface area contributed by atoms with E-state index in [-0.39, 0.29) is 0 Å². The molecule has 0 fully saturated rings. The van der Waals surface area contributed by atoms with Crippen molar-refractivity contribution in [2.24, 2.45) is 0 Å². The number of fused-ring (bicyclic) bond motifs is 9. The van der Waals surface area contributed by atoms with Crippen molar-refractivity contribution >= 4 is 65.6 Å². The van der Waals surface area contributed by atoms with E-state index < -0.39 is 0 Å². The number of aromatic nitrogens is 2. The van der Waals surface area contributed by atoms with Crippen molar-refractivity contribution in [2.75, 3.05) is 0 Å². The lowest BCUT2D eigenvalue weighted by molar-refractivity contribution is 0.669. The summed E-state index contributed by atoms with van der Waals surface area (Å²) in [4.78, 5) is 0. The first-order valence-corrected chi connectivity index (χ1v) is 17.4. The molecule has 11 rings (SSSR count). The van der Waals surface area contributed by atoms with E-state index in [1.807, 2.05) is 12.1 Å². The third-order valence-corrected chi connectivity index (χ3v) is 10.5. The van der Waals surface area contributed by atoms with Gasteiger partial charge >= 0.3 is 0 Å². The second kappa shape index (κ2) is 10.8. The molecule has 11 aromatic rings. The van der Waals surface area contributed by atoms with Gasteiger partial charge in [-0.3, -0.25) is 0 Å². The maximum absolute atomic E-state index is 6.05. The number of hydrogen-bond acceptors (Lipinski definition) is 1. The average Bonchev–Trinajstić information content (AvgIpc) is 3.85. The molecule has 51 heavy (non-hydrogen) atoms. The van der Waals surface area contributed by atoms with Gasteiger partial charge in [0.15, 0.2) is 0 Å². The third kappa shape index (κ3) is 4.25. The van der Waals surface area contributed by atoms with Gasteiger partial charge in [-0.25, -0.2) is 0 Å². The van der Waals surface area contributed by atoms with Crippen molar-refractivity contribution in [3.05, 3.63) is 182 Å². The second-order valence-electron chi connectivity index (χ2n) is 13.4. The Hall–Kier alpha value is -6.84. The van der Waals surface area contributed by atoms with E-state index in [2.05, 4.69) is 179 Å². The fourth-order valence-electron chi connectivity index (χ4n) is 8.14. The highest BCUT2D eigenvalue weighted by molar-refractivity contribution is 6.12. The molecule has 0 atom stereocenters. The molecule has 0 saturated heterocycles. The molecule has 0 aliphatic rings. The molecule has 3 aromatic heterocycles. The van der Waals surface area contributed by atoms with Gasteiger partial charge in [-0.1, -0.05) is 115 Å². The predicted octanol–water partition coefficient (Wildman–Crippen LogP) is 13.1. The van der Waals surface area contributed by atoms with Crippen LogP contribution in [0.3, 0.4) is 0 Å². The van der Waals surface area contributed by atoms with E-state index in [0.29, 0.717) is 0 Å². The van der Waals surface area contributed by atoms with Crippen molar-refractivity contribution in [1.82, 2.24) is 9.13 Å². The van der Waals surface area contributed by atoms with Gasteiger partial charge in [0, 0.05) is 43.7 Å². The molecule has 0 spiro atoms. The van der Waals surface area contributed by atoms with Gasteiger partial charge < -0.3 is 13.6 Å². The molecule has 8 aromatic carbocycles. The average molecular weight is 651 g/mol. The SMILES string of the molecule is c1ccc2c(c1)oc1ccc(-c3ccc(-c4ccc(-n5c6ccccc6c6cc(-n7c8ccccc8c8ccccc87)ccc65)cc4)cc3)cc12. The zero-order valence-corrected chi connectivity index (χ0v) is 27.6. The summed E-state index contributed by atoms with van der Waals surface area (Å²) in [6, 6.07) is 65.6. The fraction of sp³-hybridized carbons (Fsp3) is 0. The monoisotopic (exact) mass is 650 g/mol. The molecule has 0 N–H and O–H groups in total. The summed E-state index contributed by atoms with van der Waals surface area (Å²) >= 11 is 0. The number of hydrogen-bond donors (Lipinski definition) is 0. The van der Waals surface area contributed by atoms with E-state index in [1.165, 1.54) is 71.6 Å². The summed E-state index contributed by atoms with van der Waals surface area (Å²) in [5.41, 5.74) is 13.7. The topological polar surface area (TPSA) is 23.0 Å². The molecule has 3 heteroatoms. The summed E-state index contributed by atoms with van der Waals surface area (Å²) in [6.45, 7) is 0. The number of para-hydroxylation sites is 4. The number of rotatable bonds is 4. The molecule has 238 valence electrons. The zero-order chi connectivity index (χ0) is 33.5. The number of benzene rings is 8. The maximum Gasteiger partial charge on any atom is 0.135 e. The highest BCUT2D eigenvalue weighted by atomic mass is 16.3. The summed E-state index contributed by atoms with van der Waals surface area (Å²) in [6.07, 6.45) is 0. The number of furan rings is 1. The van der Waals surface area contributed by atoms with Crippen LogP contribution in [-0.4, -0.2) is 9.13 Å². The van der Waals surface area contributed by atoms with Crippen molar-refractivity contribution in [3.8, 4) is 33.6 Å². The van der Waals surface area contributed by atoms with E-state index >= 15 is 0 Å². The van der Waals surface area contributed by atoms with Crippen LogP contribution in [0, 0.1) is 0 Å². The highest BCUT2D eigenvalue weighted by Crippen LogP contribution is 2.38. The van der Waals surface area contributed by atoms with Crippen molar-refractivity contribution in [3.63, 3.8) is 0 Å². The zero-order valence-electron chi connectivity index (χ0n) is 27.6. The van der Waals surface area contributed by atoms with Crippen LogP contribution in [0.25, 0.3) is 99.2 Å². The van der Waals surface area contributed by atoms with Crippen molar-refractivity contribution in [2.45, 2.75) is 0 Å². The largest absolute Gasteiger partial charge is 0.456 e. The van der Waals surface area contributed by atoms with Gasteiger partial charge in [0.05, 0.1) is 22.1 Å². The molecule has 3 nitrogen and oxygen atoms in total. The second-order valence-corrected chi connectivity index (χ2v) is 13.4. The van der Waals surface area contributed by atoms with Gasteiger partial charge in [0.2, 0.25) is 0 Å². The van der Waals surface area contributed by atoms with Gasteiger partial charge in [-0.2, -0.15) is 0 Å². The summed E-state index contributed by atoms with van der Waals surface area (Å²) < 4.78 is 10.8. The van der Waals surface area contributed by atoms with Gasteiger partial charge in [0.1, 0.15) is 11.2 Å². The van der Waals surface area contributed by atoms with Crippen LogP contribution in [0.1, 0.15) is 0 Å². The van der Waals surface area contributed by atoms with Crippen LogP contribution in [-0.2, 0) is 0 Å². The molecule has 0 aliphatic carbocycles. The minimum Gasteiger partial charge on any atom is -0.456 e. The van der Waals surface area contributed by atoms with Gasteiger partial charge in [-0.15, -0.1) is 0 Å². The lowest BCUT2D eigenvalue weighted by Gasteiger charge is -2.11. The summed E-state index contributed by atoms with van der Waals surface area (Å²) in [5.74, 6) is 0. The van der Waals surface area contributed by atoms with Gasteiger partial charge in [0.25, 0.3) is 0 Å². The Labute approximate surface area is 293 Å². The van der Waals surface area contributed by atoms with Crippen LogP contribution < -0.4 is 0 Å². The van der Waals surface area contributed by atoms with Crippen LogP contribution >= 0.6 is 0 Å². The molecular weight excluding hydrogens is 621 g/mol.